The van der Waals surface area contributed by atoms with Crippen molar-refractivity contribution in [2.24, 2.45) is 0 Å². The number of aryl methyl sites for hydroxylation is 1. The first-order chi connectivity index (χ1) is 7.20. The van der Waals surface area contributed by atoms with E-state index in [0.717, 1.165) is 18.7 Å². The number of hydrogen-bond acceptors (Lipinski definition) is 3. The standard InChI is InChI=1S/C10H11N3O2/c1-2-3-8-12-7-4-6(10(14)15)5-11-9(7)13-8/h4-5H,2-3H2,1H3,(H,14,15)(H,11,12,13). The van der Waals surface area contributed by atoms with Crippen molar-refractivity contribution >= 4 is 17.1 Å². The third-order valence-electron chi connectivity index (χ3n) is 2.12. The number of fused-ring (bicyclic) bond motifs is 1. The Hall–Kier alpha value is -1.91. The Balaban J connectivity index is 2.47. The van der Waals surface area contributed by atoms with Gasteiger partial charge in [0, 0.05) is 12.6 Å². The SMILES string of the molecule is CCCc1nc2ncc(C(=O)O)cc2[nH]1. The lowest BCUT2D eigenvalue weighted by Crippen LogP contribution is -1.96. The van der Waals surface area contributed by atoms with E-state index in [2.05, 4.69) is 21.9 Å². The minimum atomic E-state index is -0.976. The van der Waals surface area contributed by atoms with E-state index in [4.69, 9.17) is 5.11 Å². The summed E-state index contributed by atoms with van der Waals surface area (Å²) >= 11 is 0. The highest BCUT2D eigenvalue weighted by Gasteiger charge is 2.07. The van der Waals surface area contributed by atoms with Crippen LogP contribution in [-0.2, 0) is 6.42 Å². The quantitative estimate of drug-likeness (QED) is 0.797. The minimum absolute atomic E-state index is 0.175. The molecule has 0 aliphatic carbocycles. The van der Waals surface area contributed by atoms with Crippen LogP contribution < -0.4 is 0 Å². The summed E-state index contributed by atoms with van der Waals surface area (Å²) in [6.07, 6.45) is 3.16. The molecule has 5 nitrogen and oxygen atoms in total. The normalized spacial score (nSPS) is 10.7. The maximum Gasteiger partial charge on any atom is 0.337 e. The first kappa shape index (κ1) is 9.64. The highest BCUT2D eigenvalue weighted by molar-refractivity contribution is 5.90. The Morgan fingerprint density at radius 2 is 2.40 bits per heavy atom. The topological polar surface area (TPSA) is 78.9 Å². The average molecular weight is 205 g/mol. The molecular weight excluding hydrogens is 194 g/mol. The number of aromatic carboxylic acids is 1. The Morgan fingerprint density at radius 3 is 3.07 bits per heavy atom. The molecule has 0 fully saturated rings. The van der Waals surface area contributed by atoms with Crippen LogP contribution in [0.3, 0.4) is 0 Å². The van der Waals surface area contributed by atoms with Gasteiger partial charge in [0.25, 0.3) is 0 Å². The minimum Gasteiger partial charge on any atom is -0.478 e. The van der Waals surface area contributed by atoms with E-state index in [1.807, 2.05) is 0 Å². The molecule has 2 rings (SSSR count). The molecule has 78 valence electrons. The van der Waals surface area contributed by atoms with Crippen molar-refractivity contribution < 1.29 is 9.90 Å². The van der Waals surface area contributed by atoms with Crippen LogP contribution in [-0.4, -0.2) is 26.0 Å². The van der Waals surface area contributed by atoms with Crippen LogP contribution in [0.2, 0.25) is 0 Å². The van der Waals surface area contributed by atoms with Crippen molar-refractivity contribution in [3.63, 3.8) is 0 Å². The number of carboxylic acid groups (broad SMARTS) is 1. The van der Waals surface area contributed by atoms with Crippen LogP contribution in [0.4, 0.5) is 0 Å². The highest BCUT2D eigenvalue weighted by Crippen LogP contribution is 2.11. The third-order valence-corrected chi connectivity index (χ3v) is 2.12. The number of aromatic amines is 1. The lowest BCUT2D eigenvalue weighted by molar-refractivity contribution is 0.0696. The number of pyridine rings is 1. The van der Waals surface area contributed by atoms with Crippen LogP contribution >= 0.6 is 0 Å². The van der Waals surface area contributed by atoms with Gasteiger partial charge in [-0.2, -0.15) is 0 Å². The van der Waals surface area contributed by atoms with E-state index in [0.29, 0.717) is 11.2 Å². The average Bonchev–Trinajstić information content (AvgIpc) is 2.59. The molecule has 0 saturated heterocycles. The molecule has 0 aromatic carbocycles. The second-order valence-corrected chi connectivity index (χ2v) is 3.33. The van der Waals surface area contributed by atoms with Crippen molar-refractivity contribution in [2.45, 2.75) is 19.8 Å². The lowest BCUT2D eigenvalue weighted by Gasteiger charge is -1.91. The molecule has 0 aliphatic rings. The van der Waals surface area contributed by atoms with Crippen molar-refractivity contribution in [2.75, 3.05) is 0 Å². The van der Waals surface area contributed by atoms with Crippen LogP contribution in [0.1, 0.15) is 29.5 Å². The Bertz CT molecular complexity index is 504. The monoisotopic (exact) mass is 205 g/mol. The smallest absolute Gasteiger partial charge is 0.337 e. The summed E-state index contributed by atoms with van der Waals surface area (Å²) in [6, 6.07) is 1.55. The van der Waals surface area contributed by atoms with Gasteiger partial charge < -0.3 is 10.1 Å². The van der Waals surface area contributed by atoms with E-state index >= 15 is 0 Å². The molecule has 0 unspecified atom stereocenters. The van der Waals surface area contributed by atoms with E-state index in [1.54, 1.807) is 6.07 Å². The van der Waals surface area contributed by atoms with Crippen LogP contribution in [0.25, 0.3) is 11.2 Å². The molecule has 0 aliphatic heterocycles. The van der Waals surface area contributed by atoms with Crippen LogP contribution in [0.5, 0.6) is 0 Å². The zero-order chi connectivity index (χ0) is 10.8. The first-order valence-electron chi connectivity index (χ1n) is 4.78. The van der Waals surface area contributed by atoms with Gasteiger partial charge in [0.05, 0.1) is 11.1 Å². The summed E-state index contributed by atoms with van der Waals surface area (Å²) in [5, 5.41) is 8.78. The molecule has 2 heterocycles. The van der Waals surface area contributed by atoms with Crippen molar-refractivity contribution in [3.8, 4) is 0 Å². The number of nitrogens with zero attached hydrogens (tertiary/aromatic N) is 2. The van der Waals surface area contributed by atoms with Crippen LogP contribution in [0, 0.1) is 0 Å². The Labute approximate surface area is 86.2 Å². The second kappa shape index (κ2) is 3.68. The maximum absolute atomic E-state index is 10.7. The number of aromatic nitrogens is 3. The molecule has 2 N–H and O–H groups in total. The van der Waals surface area contributed by atoms with Crippen molar-refractivity contribution in [1.82, 2.24) is 15.0 Å². The molecule has 0 bridgehead atoms. The van der Waals surface area contributed by atoms with Gasteiger partial charge in [-0.05, 0) is 12.5 Å². The van der Waals surface area contributed by atoms with Gasteiger partial charge in [0.2, 0.25) is 0 Å². The molecule has 15 heavy (non-hydrogen) atoms. The fourth-order valence-corrected chi connectivity index (χ4v) is 1.42. The van der Waals surface area contributed by atoms with E-state index in [9.17, 15) is 4.79 Å². The lowest BCUT2D eigenvalue weighted by atomic mass is 10.3. The zero-order valence-corrected chi connectivity index (χ0v) is 8.32. The summed E-state index contributed by atoms with van der Waals surface area (Å²) in [5.41, 5.74) is 1.43. The van der Waals surface area contributed by atoms with E-state index < -0.39 is 5.97 Å². The molecule has 0 radical (unpaired) electrons. The molecule has 5 heteroatoms. The number of hydrogen-bond donors (Lipinski definition) is 2. The van der Waals surface area contributed by atoms with E-state index in [1.165, 1.54) is 6.20 Å². The van der Waals surface area contributed by atoms with Crippen molar-refractivity contribution in [1.29, 1.82) is 0 Å². The maximum atomic E-state index is 10.7. The summed E-state index contributed by atoms with van der Waals surface area (Å²) in [6.45, 7) is 2.06. The van der Waals surface area contributed by atoms with Gasteiger partial charge in [-0.1, -0.05) is 6.92 Å². The van der Waals surface area contributed by atoms with Gasteiger partial charge in [-0.15, -0.1) is 0 Å². The number of carboxylic acids is 1. The molecule has 0 amide bonds. The van der Waals surface area contributed by atoms with Gasteiger partial charge >= 0.3 is 5.97 Å². The highest BCUT2D eigenvalue weighted by atomic mass is 16.4. The molecular formula is C10H11N3O2. The molecule has 0 atom stereocenters. The number of carbonyl (C=O) groups is 1. The summed E-state index contributed by atoms with van der Waals surface area (Å²) in [5.74, 6) is -0.126. The Morgan fingerprint density at radius 1 is 1.60 bits per heavy atom. The van der Waals surface area contributed by atoms with Crippen LogP contribution in [0.15, 0.2) is 12.3 Å². The predicted octanol–water partition coefficient (Wildman–Crippen LogP) is 1.61. The number of imidazole rings is 1. The van der Waals surface area contributed by atoms with Gasteiger partial charge in [-0.25, -0.2) is 14.8 Å². The second-order valence-electron chi connectivity index (χ2n) is 3.33. The van der Waals surface area contributed by atoms with Gasteiger partial charge in [0.1, 0.15) is 5.82 Å². The van der Waals surface area contributed by atoms with Crippen molar-refractivity contribution in [3.05, 3.63) is 23.7 Å². The molecule has 0 saturated carbocycles. The molecule has 2 aromatic rings. The van der Waals surface area contributed by atoms with Gasteiger partial charge in [0.15, 0.2) is 5.65 Å². The fraction of sp³-hybridized carbons (Fsp3) is 0.300. The third kappa shape index (κ3) is 1.81. The molecule has 2 aromatic heterocycles. The summed E-state index contributed by atoms with van der Waals surface area (Å²) in [4.78, 5) is 22.0. The molecule has 0 spiro atoms. The Kier molecular flexibility index (Phi) is 2.37. The van der Waals surface area contributed by atoms with Gasteiger partial charge in [-0.3, -0.25) is 0 Å². The number of rotatable bonds is 3. The fourth-order valence-electron chi connectivity index (χ4n) is 1.42. The number of nitrogens with one attached hydrogen (secondary N) is 1. The predicted molar refractivity (Wildman–Crippen MR) is 54.8 cm³/mol. The van der Waals surface area contributed by atoms with E-state index in [-0.39, 0.29) is 5.56 Å². The number of H-pyrrole nitrogens is 1. The zero-order valence-electron chi connectivity index (χ0n) is 8.32. The summed E-state index contributed by atoms with van der Waals surface area (Å²) in [7, 11) is 0. The first-order valence-corrected chi connectivity index (χ1v) is 4.78. The largest absolute Gasteiger partial charge is 0.478 e. The summed E-state index contributed by atoms with van der Waals surface area (Å²) < 4.78 is 0.